The van der Waals surface area contributed by atoms with Crippen molar-refractivity contribution in [2.75, 3.05) is 38.5 Å². The standard InChI is InChI=1S/C11H17N3O2S/c1-9-6-14(11(16)8-17-9)7-10(15)13-4-2-12-3-5-13/h6,12H,2-5,7-8H2,1H3. The molecule has 0 atom stereocenters. The minimum Gasteiger partial charge on any atom is -0.339 e. The molecule has 0 aromatic heterocycles. The van der Waals surface area contributed by atoms with Gasteiger partial charge in [-0.15, -0.1) is 11.8 Å². The molecule has 1 N–H and O–H groups in total. The third kappa shape index (κ3) is 3.23. The van der Waals surface area contributed by atoms with Crippen molar-refractivity contribution in [1.82, 2.24) is 15.1 Å². The molecule has 0 saturated carbocycles. The van der Waals surface area contributed by atoms with E-state index in [2.05, 4.69) is 5.32 Å². The monoisotopic (exact) mass is 255 g/mol. The van der Waals surface area contributed by atoms with E-state index in [0.717, 1.165) is 31.1 Å². The van der Waals surface area contributed by atoms with Gasteiger partial charge in [0.2, 0.25) is 11.8 Å². The number of nitrogens with zero attached hydrogens (tertiary/aromatic N) is 2. The number of amides is 2. The summed E-state index contributed by atoms with van der Waals surface area (Å²) in [7, 11) is 0. The molecule has 2 amide bonds. The van der Waals surface area contributed by atoms with Gasteiger partial charge in [0, 0.05) is 32.4 Å². The summed E-state index contributed by atoms with van der Waals surface area (Å²) >= 11 is 1.53. The molecule has 6 heteroatoms. The molecule has 2 aliphatic rings. The molecule has 0 aliphatic carbocycles. The highest BCUT2D eigenvalue weighted by atomic mass is 32.2. The third-order valence-corrected chi connectivity index (χ3v) is 3.81. The van der Waals surface area contributed by atoms with Crippen LogP contribution in [-0.4, -0.2) is 60.1 Å². The molecule has 0 bridgehead atoms. The summed E-state index contributed by atoms with van der Waals surface area (Å²) in [6.07, 6.45) is 1.77. The average molecular weight is 255 g/mol. The summed E-state index contributed by atoms with van der Waals surface area (Å²) < 4.78 is 0. The lowest BCUT2D eigenvalue weighted by molar-refractivity contribution is -0.137. The van der Waals surface area contributed by atoms with Gasteiger partial charge in [0.1, 0.15) is 6.54 Å². The van der Waals surface area contributed by atoms with Gasteiger partial charge in [-0.3, -0.25) is 9.59 Å². The molecular weight excluding hydrogens is 238 g/mol. The molecule has 0 aromatic rings. The molecule has 17 heavy (non-hydrogen) atoms. The van der Waals surface area contributed by atoms with Crippen LogP contribution >= 0.6 is 11.8 Å². The number of thioether (sulfide) groups is 1. The van der Waals surface area contributed by atoms with Crippen molar-refractivity contribution < 1.29 is 9.59 Å². The Morgan fingerprint density at radius 1 is 1.47 bits per heavy atom. The smallest absolute Gasteiger partial charge is 0.242 e. The fourth-order valence-electron chi connectivity index (χ4n) is 1.88. The Labute approximate surface area is 105 Å². The minimum absolute atomic E-state index is 0.0177. The van der Waals surface area contributed by atoms with E-state index in [-0.39, 0.29) is 18.4 Å². The van der Waals surface area contributed by atoms with Crippen LogP contribution in [-0.2, 0) is 9.59 Å². The van der Waals surface area contributed by atoms with Gasteiger partial charge in [0.15, 0.2) is 0 Å². The van der Waals surface area contributed by atoms with Gasteiger partial charge < -0.3 is 15.1 Å². The third-order valence-electron chi connectivity index (χ3n) is 2.86. The Bertz CT molecular complexity index is 351. The lowest BCUT2D eigenvalue weighted by atomic mass is 10.3. The molecule has 1 fully saturated rings. The van der Waals surface area contributed by atoms with Crippen molar-refractivity contribution in [3.8, 4) is 0 Å². The van der Waals surface area contributed by atoms with E-state index in [1.807, 2.05) is 11.8 Å². The molecule has 5 nitrogen and oxygen atoms in total. The van der Waals surface area contributed by atoms with Crippen LogP contribution in [0, 0.1) is 0 Å². The second-order valence-electron chi connectivity index (χ2n) is 4.18. The number of piperazine rings is 1. The maximum absolute atomic E-state index is 12.0. The molecule has 0 spiro atoms. The van der Waals surface area contributed by atoms with Gasteiger partial charge in [-0.2, -0.15) is 0 Å². The number of carbonyl (C=O) groups excluding carboxylic acids is 2. The van der Waals surface area contributed by atoms with Crippen LogP contribution in [0.1, 0.15) is 6.92 Å². The quantitative estimate of drug-likeness (QED) is 0.746. The van der Waals surface area contributed by atoms with Gasteiger partial charge in [-0.25, -0.2) is 0 Å². The Balaban J connectivity index is 1.93. The summed E-state index contributed by atoms with van der Waals surface area (Å²) in [4.78, 5) is 28.1. The van der Waals surface area contributed by atoms with Crippen molar-refractivity contribution in [3.05, 3.63) is 11.1 Å². The number of carbonyl (C=O) groups is 2. The van der Waals surface area contributed by atoms with Gasteiger partial charge in [-0.1, -0.05) is 0 Å². The Hall–Kier alpha value is -1.01. The maximum atomic E-state index is 12.0. The Morgan fingerprint density at radius 2 is 2.18 bits per heavy atom. The first-order valence-electron chi connectivity index (χ1n) is 5.76. The zero-order valence-corrected chi connectivity index (χ0v) is 10.8. The molecule has 94 valence electrons. The van der Waals surface area contributed by atoms with E-state index >= 15 is 0 Å². The topological polar surface area (TPSA) is 52.7 Å². The average Bonchev–Trinajstić information content (AvgIpc) is 2.35. The van der Waals surface area contributed by atoms with Crippen LogP contribution in [0.4, 0.5) is 0 Å². The highest BCUT2D eigenvalue weighted by Crippen LogP contribution is 2.21. The van der Waals surface area contributed by atoms with Gasteiger partial charge in [0.25, 0.3) is 0 Å². The molecule has 2 aliphatic heterocycles. The van der Waals surface area contributed by atoms with Crippen molar-refractivity contribution in [2.45, 2.75) is 6.92 Å². The zero-order chi connectivity index (χ0) is 12.3. The van der Waals surface area contributed by atoms with Crippen LogP contribution in [0.3, 0.4) is 0 Å². The van der Waals surface area contributed by atoms with Crippen molar-refractivity contribution >= 4 is 23.6 Å². The SMILES string of the molecule is CC1=CN(CC(=O)N2CCNCC2)C(=O)CS1. The number of hydrogen-bond donors (Lipinski definition) is 1. The second kappa shape index (κ2) is 5.55. The van der Waals surface area contributed by atoms with Crippen molar-refractivity contribution in [2.24, 2.45) is 0 Å². The lowest BCUT2D eigenvalue weighted by Gasteiger charge is -2.30. The van der Waals surface area contributed by atoms with E-state index in [1.54, 1.807) is 6.20 Å². The van der Waals surface area contributed by atoms with Gasteiger partial charge in [0.05, 0.1) is 5.75 Å². The molecule has 2 heterocycles. The Morgan fingerprint density at radius 3 is 2.88 bits per heavy atom. The van der Waals surface area contributed by atoms with E-state index in [4.69, 9.17) is 0 Å². The van der Waals surface area contributed by atoms with E-state index < -0.39 is 0 Å². The van der Waals surface area contributed by atoms with Gasteiger partial charge >= 0.3 is 0 Å². The summed E-state index contributed by atoms with van der Waals surface area (Å²) in [6.45, 7) is 5.28. The number of rotatable bonds is 2. The van der Waals surface area contributed by atoms with Crippen LogP contribution in [0.15, 0.2) is 11.1 Å². The minimum atomic E-state index is 0.0177. The normalized spacial score (nSPS) is 21.5. The zero-order valence-electron chi connectivity index (χ0n) is 9.94. The molecule has 0 aromatic carbocycles. The first-order chi connectivity index (χ1) is 8.16. The molecule has 1 saturated heterocycles. The maximum Gasteiger partial charge on any atom is 0.242 e. The van der Waals surface area contributed by atoms with Crippen LogP contribution < -0.4 is 5.32 Å². The Kier molecular flexibility index (Phi) is 4.06. The molecule has 2 rings (SSSR count). The van der Waals surface area contributed by atoms with E-state index in [9.17, 15) is 9.59 Å². The van der Waals surface area contributed by atoms with Crippen LogP contribution in [0.5, 0.6) is 0 Å². The molecule has 0 radical (unpaired) electrons. The predicted octanol–water partition coefficient (Wildman–Crippen LogP) is -0.145. The number of nitrogens with one attached hydrogen (secondary N) is 1. The van der Waals surface area contributed by atoms with Crippen LogP contribution in [0.25, 0.3) is 0 Å². The number of allylic oxidation sites excluding steroid dienone is 1. The molecule has 0 unspecified atom stereocenters. The summed E-state index contributed by atoms with van der Waals surface area (Å²) in [6, 6.07) is 0. The molecular formula is C11H17N3O2S. The van der Waals surface area contributed by atoms with Crippen molar-refractivity contribution in [1.29, 1.82) is 0 Å². The fraction of sp³-hybridized carbons (Fsp3) is 0.636. The highest BCUT2D eigenvalue weighted by Gasteiger charge is 2.23. The largest absolute Gasteiger partial charge is 0.339 e. The summed E-state index contributed by atoms with van der Waals surface area (Å²) in [5.41, 5.74) is 0. The first kappa shape index (κ1) is 12.4. The van der Waals surface area contributed by atoms with Crippen molar-refractivity contribution in [3.63, 3.8) is 0 Å². The fourth-order valence-corrected chi connectivity index (χ4v) is 2.60. The lowest BCUT2D eigenvalue weighted by Crippen LogP contribution is -2.50. The predicted molar refractivity (Wildman–Crippen MR) is 67.4 cm³/mol. The van der Waals surface area contributed by atoms with Crippen LogP contribution in [0.2, 0.25) is 0 Å². The van der Waals surface area contributed by atoms with E-state index in [1.165, 1.54) is 16.7 Å². The second-order valence-corrected chi connectivity index (χ2v) is 5.40. The van der Waals surface area contributed by atoms with E-state index in [0.29, 0.717) is 5.75 Å². The number of hydrogen-bond acceptors (Lipinski definition) is 4. The van der Waals surface area contributed by atoms with Gasteiger partial charge in [-0.05, 0) is 11.8 Å². The summed E-state index contributed by atoms with van der Waals surface area (Å²) in [5, 5.41) is 3.20. The highest BCUT2D eigenvalue weighted by molar-refractivity contribution is 8.03. The first-order valence-corrected chi connectivity index (χ1v) is 6.74. The summed E-state index contributed by atoms with van der Waals surface area (Å²) in [5.74, 6) is 0.497.